The minimum Gasteiger partial charge on any atom is -0.478 e. The van der Waals surface area contributed by atoms with Crippen molar-refractivity contribution in [2.75, 3.05) is 19.6 Å². The van der Waals surface area contributed by atoms with Gasteiger partial charge in [-0.05, 0) is 88.1 Å². The summed E-state index contributed by atoms with van der Waals surface area (Å²) in [6.07, 6.45) is -0.566. The van der Waals surface area contributed by atoms with Gasteiger partial charge in [0.05, 0.1) is 12.0 Å². The number of halogens is 5. The number of carbonyl (C=O) groups is 1. The molecule has 0 bridgehead atoms. The predicted molar refractivity (Wildman–Crippen MR) is 150 cm³/mol. The molecule has 39 heavy (non-hydrogen) atoms. The minimum atomic E-state index is -4.13. The third-order valence-electron chi connectivity index (χ3n) is 7.19. The monoisotopic (exact) mass is 571 g/mol. The largest absolute Gasteiger partial charge is 0.478 e. The molecule has 3 nitrogen and oxygen atoms in total. The van der Waals surface area contributed by atoms with Crippen molar-refractivity contribution in [3.05, 3.63) is 110 Å². The Kier molecular flexibility index (Phi) is 7.90. The van der Waals surface area contributed by atoms with E-state index in [4.69, 9.17) is 23.2 Å². The molecule has 0 atom stereocenters. The van der Waals surface area contributed by atoms with Crippen LogP contribution in [0.5, 0.6) is 0 Å². The van der Waals surface area contributed by atoms with Gasteiger partial charge < -0.3 is 5.11 Å². The standard InChI is InChI=1S/C31H26Cl2F3NO2/c32-24-9-11-26(28(33)16-24)27-3-1-2-22-15-23(30(38)39)8-10-25(22)29(27)21-6-4-19(5-7-21)14-20-17-37(18-20)13-12-31(34,35)36/h4-11,14-16H,1-3,12-13,17-18H2,(H,38,39). The zero-order chi connectivity index (χ0) is 27.7. The Balaban J connectivity index is 1.49. The van der Waals surface area contributed by atoms with Crippen molar-refractivity contribution in [1.29, 1.82) is 0 Å². The van der Waals surface area contributed by atoms with Gasteiger partial charge >= 0.3 is 12.1 Å². The number of carboxylic acid groups (broad SMARTS) is 1. The lowest BCUT2D eigenvalue weighted by atomic mass is 9.87. The minimum absolute atomic E-state index is 0.0208. The number of benzene rings is 3. The van der Waals surface area contributed by atoms with Crippen molar-refractivity contribution >= 4 is 46.4 Å². The molecule has 1 fully saturated rings. The van der Waals surface area contributed by atoms with E-state index in [2.05, 4.69) is 0 Å². The third-order valence-corrected chi connectivity index (χ3v) is 7.74. The van der Waals surface area contributed by atoms with Gasteiger partial charge in [0.1, 0.15) is 0 Å². The van der Waals surface area contributed by atoms with Crippen LogP contribution in [0.25, 0.3) is 17.2 Å². The number of rotatable bonds is 6. The number of nitrogens with zero attached hydrogens (tertiary/aromatic N) is 1. The van der Waals surface area contributed by atoms with Gasteiger partial charge in [-0.25, -0.2) is 4.79 Å². The fourth-order valence-electron chi connectivity index (χ4n) is 5.30. The van der Waals surface area contributed by atoms with Crippen LogP contribution in [-0.2, 0) is 6.42 Å². The Hall–Kier alpha value is -3.06. The van der Waals surface area contributed by atoms with Crippen LogP contribution in [-0.4, -0.2) is 41.8 Å². The Labute approximate surface area is 235 Å². The lowest BCUT2D eigenvalue weighted by molar-refractivity contribution is -0.138. The van der Waals surface area contributed by atoms with Crippen LogP contribution in [0.2, 0.25) is 10.0 Å². The van der Waals surface area contributed by atoms with Gasteiger partial charge in [0.15, 0.2) is 0 Å². The zero-order valence-electron chi connectivity index (χ0n) is 21.0. The summed E-state index contributed by atoms with van der Waals surface area (Å²) in [7, 11) is 0. The molecule has 1 aliphatic heterocycles. The van der Waals surface area contributed by atoms with Crippen molar-refractivity contribution in [2.45, 2.75) is 31.9 Å². The number of hydrogen-bond acceptors (Lipinski definition) is 2. The third kappa shape index (κ3) is 6.40. The van der Waals surface area contributed by atoms with Crippen molar-refractivity contribution in [1.82, 2.24) is 4.90 Å². The lowest BCUT2D eigenvalue weighted by Gasteiger charge is -2.34. The summed E-state index contributed by atoms with van der Waals surface area (Å²) in [5, 5.41) is 10.7. The molecule has 5 rings (SSSR count). The second-order valence-corrected chi connectivity index (χ2v) is 10.9. The molecule has 0 saturated carbocycles. The van der Waals surface area contributed by atoms with Crippen LogP contribution in [0.3, 0.4) is 0 Å². The van der Waals surface area contributed by atoms with Crippen LogP contribution in [0.4, 0.5) is 13.2 Å². The van der Waals surface area contributed by atoms with Crippen molar-refractivity contribution < 1.29 is 23.1 Å². The maximum Gasteiger partial charge on any atom is 0.390 e. The number of carboxylic acids is 1. The molecule has 0 radical (unpaired) electrons. The number of allylic oxidation sites excluding steroid dienone is 1. The second-order valence-electron chi connectivity index (χ2n) is 10.0. The molecule has 0 unspecified atom stereocenters. The van der Waals surface area contributed by atoms with Crippen LogP contribution < -0.4 is 0 Å². The highest BCUT2D eigenvalue weighted by atomic mass is 35.5. The average Bonchev–Trinajstić information content (AvgIpc) is 3.04. The van der Waals surface area contributed by atoms with E-state index < -0.39 is 18.6 Å². The zero-order valence-corrected chi connectivity index (χ0v) is 22.5. The van der Waals surface area contributed by atoms with E-state index in [1.165, 1.54) is 0 Å². The molecule has 2 aliphatic rings. The maximum absolute atomic E-state index is 12.5. The summed E-state index contributed by atoms with van der Waals surface area (Å²) in [5.41, 5.74) is 8.23. The van der Waals surface area contributed by atoms with Crippen molar-refractivity contribution in [2.24, 2.45) is 0 Å². The average molecular weight is 572 g/mol. The molecular formula is C31H26Cl2F3NO2. The van der Waals surface area contributed by atoms with Crippen LogP contribution in [0.1, 0.15) is 57.4 Å². The van der Waals surface area contributed by atoms with Gasteiger partial charge in [0, 0.05) is 29.7 Å². The number of fused-ring (bicyclic) bond motifs is 1. The van der Waals surface area contributed by atoms with Gasteiger partial charge in [-0.3, -0.25) is 4.90 Å². The van der Waals surface area contributed by atoms with E-state index in [0.717, 1.165) is 63.8 Å². The van der Waals surface area contributed by atoms with Gasteiger partial charge in [-0.1, -0.05) is 65.7 Å². The van der Waals surface area contributed by atoms with Gasteiger partial charge in [0.25, 0.3) is 0 Å². The molecule has 0 aromatic heterocycles. The summed E-state index contributed by atoms with van der Waals surface area (Å²) in [6, 6.07) is 18.8. The number of aryl methyl sites for hydroxylation is 1. The van der Waals surface area contributed by atoms with Crippen molar-refractivity contribution in [3.63, 3.8) is 0 Å². The molecule has 8 heteroatoms. The first-order valence-electron chi connectivity index (χ1n) is 12.7. The summed E-state index contributed by atoms with van der Waals surface area (Å²) in [4.78, 5) is 13.4. The Morgan fingerprint density at radius 3 is 2.33 bits per heavy atom. The normalized spacial score (nSPS) is 16.0. The van der Waals surface area contributed by atoms with Crippen LogP contribution in [0, 0.1) is 0 Å². The first-order chi connectivity index (χ1) is 18.6. The van der Waals surface area contributed by atoms with E-state index in [1.54, 1.807) is 23.1 Å². The molecule has 1 heterocycles. The van der Waals surface area contributed by atoms with Crippen molar-refractivity contribution in [3.8, 4) is 0 Å². The maximum atomic E-state index is 12.5. The topological polar surface area (TPSA) is 40.5 Å². The molecule has 1 aliphatic carbocycles. The number of hydrogen-bond donors (Lipinski definition) is 1. The molecule has 1 N–H and O–H groups in total. The molecular weight excluding hydrogens is 546 g/mol. The van der Waals surface area contributed by atoms with Gasteiger partial charge in [-0.15, -0.1) is 0 Å². The molecule has 1 saturated heterocycles. The Bertz CT molecular complexity index is 1470. The molecule has 0 amide bonds. The summed E-state index contributed by atoms with van der Waals surface area (Å²) >= 11 is 12.8. The highest BCUT2D eigenvalue weighted by molar-refractivity contribution is 6.36. The van der Waals surface area contributed by atoms with Gasteiger partial charge in [0.2, 0.25) is 0 Å². The SMILES string of the molecule is O=C(O)c1ccc2c(c1)CCCC(c1ccc(Cl)cc1Cl)=C2c1ccc(C=C2CN(CCC(F)(F)F)C2)cc1. The summed E-state index contributed by atoms with van der Waals surface area (Å²) in [5.74, 6) is -0.959. The summed E-state index contributed by atoms with van der Waals surface area (Å²) < 4.78 is 37.4. The highest BCUT2D eigenvalue weighted by Crippen LogP contribution is 2.42. The Morgan fingerprint density at radius 2 is 1.67 bits per heavy atom. The quantitative estimate of drug-likeness (QED) is 0.322. The summed E-state index contributed by atoms with van der Waals surface area (Å²) in [6.45, 7) is 1.11. The molecule has 0 spiro atoms. The highest BCUT2D eigenvalue weighted by Gasteiger charge is 2.30. The number of likely N-dealkylation sites (tertiary alicyclic amines) is 1. The van der Waals surface area contributed by atoms with E-state index in [0.29, 0.717) is 23.1 Å². The predicted octanol–water partition coefficient (Wildman–Crippen LogP) is 8.64. The smallest absolute Gasteiger partial charge is 0.390 e. The number of alkyl halides is 3. The first kappa shape index (κ1) is 27.5. The molecule has 202 valence electrons. The Morgan fingerprint density at radius 1 is 0.949 bits per heavy atom. The van der Waals surface area contributed by atoms with E-state index >= 15 is 0 Å². The van der Waals surface area contributed by atoms with E-state index in [1.807, 2.05) is 48.5 Å². The van der Waals surface area contributed by atoms with E-state index in [-0.39, 0.29) is 12.1 Å². The molecule has 3 aromatic carbocycles. The first-order valence-corrected chi connectivity index (χ1v) is 13.5. The second kappa shape index (κ2) is 11.2. The fraction of sp³-hybridized carbons (Fsp3) is 0.258. The van der Waals surface area contributed by atoms with Gasteiger partial charge in [-0.2, -0.15) is 13.2 Å². The fourth-order valence-corrected chi connectivity index (χ4v) is 5.82. The van der Waals surface area contributed by atoms with Crippen LogP contribution in [0.15, 0.2) is 66.2 Å². The number of aromatic carboxylic acids is 1. The van der Waals surface area contributed by atoms with E-state index in [9.17, 15) is 23.1 Å². The van der Waals surface area contributed by atoms with Crippen LogP contribution >= 0.6 is 23.2 Å². The lowest BCUT2D eigenvalue weighted by Crippen LogP contribution is -2.41. The molecule has 3 aromatic rings.